The number of hydrogen-bond donors (Lipinski definition) is 3. The van der Waals surface area contributed by atoms with E-state index in [0.717, 1.165) is 21.7 Å². The average Bonchev–Trinajstić information content (AvgIpc) is 2.52. The SMILES string of the molecule is Cc1ccc(C)c(NC(=O)C[NH+](C)CC(=O)Nc2ccccc2Cl)c1. The summed E-state index contributed by atoms with van der Waals surface area (Å²) in [6.45, 7) is 4.29. The molecule has 0 aromatic heterocycles. The second-order valence-electron chi connectivity index (χ2n) is 6.21. The molecule has 0 saturated heterocycles. The van der Waals surface area contributed by atoms with E-state index in [9.17, 15) is 9.59 Å². The molecule has 0 fully saturated rings. The Hall–Kier alpha value is -2.37. The van der Waals surface area contributed by atoms with Crippen LogP contribution >= 0.6 is 11.6 Å². The van der Waals surface area contributed by atoms with Crippen LogP contribution in [0.25, 0.3) is 0 Å². The van der Waals surface area contributed by atoms with E-state index >= 15 is 0 Å². The fourth-order valence-electron chi connectivity index (χ4n) is 2.43. The predicted octanol–water partition coefficient (Wildman–Crippen LogP) is 2.05. The van der Waals surface area contributed by atoms with Crippen LogP contribution in [0.3, 0.4) is 0 Å². The molecule has 2 rings (SSSR count). The molecular formula is C19H23ClN3O2+. The molecular weight excluding hydrogens is 338 g/mol. The molecule has 2 amide bonds. The van der Waals surface area contributed by atoms with Crippen molar-refractivity contribution in [2.45, 2.75) is 13.8 Å². The number of para-hydroxylation sites is 1. The second-order valence-corrected chi connectivity index (χ2v) is 6.61. The highest BCUT2D eigenvalue weighted by Gasteiger charge is 2.15. The predicted molar refractivity (Wildman–Crippen MR) is 101 cm³/mol. The zero-order valence-electron chi connectivity index (χ0n) is 14.7. The van der Waals surface area contributed by atoms with E-state index in [2.05, 4.69) is 10.6 Å². The lowest BCUT2D eigenvalue weighted by molar-refractivity contribution is -0.862. The minimum atomic E-state index is -0.190. The summed E-state index contributed by atoms with van der Waals surface area (Å²) in [5.74, 6) is -0.318. The van der Waals surface area contributed by atoms with Crippen molar-refractivity contribution in [2.75, 3.05) is 30.8 Å². The number of nitrogens with one attached hydrogen (secondary N) is 3. The Balaban J connectivity index is 1.85. The normalized spacial score (nSPS) is 11.7. The van der Waals surface area contributed by atoms with Crippen molar-refractivity contribution < 1.29 is 14.5 Å². The molecule has 3 N–H and O–H groups in total. The molecule has 0 radical (unpaired) electrons. The summed E-state index contributed by atoms with van der Waals surface area (Å²) in [6.07, 6.45) is 0. The van der Waals surface area contributed by atoms with Gasteiger partial charge >= 0.3 is 0 Å². The molecule has 0 heterocycles. The van der Waals surface area contributed by atoms with Crippen LogP contribution in [-0.4, -0.2) is 32.0 Å². The van der Waals surface area contributed by atoms with Crippen molar-refractivity contribution in [3.63, 3.8) is 0 Å². The Morgan fingerprint density at radius 3 is 2.20 bits per heavy atom. The molecule has 1 atom stereocenters. The van der Waals surface area contributed by atoms with Crippen LogP contribution in [0.15, 0.2) is 42.5 Å². The molecule has 0 saturated carbocycles. The van der Waals surface area contributed by atoms with Gasteiger partial charge in [0.05, 0.1) is 17.8 Å². The summed E-state index contributed by atoms with van der Waals surface area (Å²) in [7, 11) is 1.80. The van der Waals surface area contributed by atoms with E-state index < -0.39 is 0 Å². The fourth-order valence-corrected chi connectivity index (χ4v) is 2.62. The first-order chi connectivity index (χ1) is 11.8. The van der Waals surface area contributed by atoms with Gasteiger partial charge in [0.25, 0.3) is 11.8 Å². The highest BCUT2D eigenvalue weighted by molar-refractivity contribution is 6.33. The molecule has 2 aromatic rings. The number of likely N-dealkylation sites (N-methyl/N-ethyl adjacent to an activating group) is 1. The summed E-state index contributed by atoms with van der Waals surface area (Å²) >= 11 is 6.02. The maximum Gasteiger partial charge on any atom is 0.279 e. The van der Waals surface area contributed by atoms with Crippen molar-refractivity contribution in [1.82, 2.24) is 0 Å². The topological polar surface area (TPSA) is 62.6 Å². The smallest absolute Gasteiger partial charge is 0.279 e. The number of quaternary nitrogens is 1. The Bertz CT molecular complexity index is 777. The van der Waals surface area contributed by atoms with Gasteiger partial charge in [0.15, 0.2) is 13.1 Å². The first-order valence-corrected chi connectivity index (χ1v) is 8.45. The molecule has 0 aliphatic rings. The number of anilines is 2. The van der Waals surface area contributed by atoms with Crippen LogP contribution < -0.4 is 15.5 Å². The van der Waals surface area contributed by atoms with Crippen molar-refractivity contribution >= 4 is 34.8 Å². The first kappa shape index (κ1) is 19.0. The van der Waals surface area contributed by atoms with Gasteiger partial charge < -0.3 is 15.5 Å². The zero-order valence-corrected chi connectivity index (χ0v) is 15.4. The highest BCUT2D eigenvalue weighted by atomic mass is 35.5. The summed E-state index contributed by atoms with van der Waals surface area (Å²) < 4.78 is 0. The van der Waals surface area contributed by atoms with Crippen LogP contribution in [0, 0.1) is 13.8 Å². The second kappa shape index (κ2) is 8.65. The Morgan fingerprint density at radius 1 is 0.960 bits per heavy atom. The van der Waals surface area contributed by atoms with Crippen molar-refractivity contribution in [1.29, 1.82) is 0 Å². The Kier molecular flexibility index (Phi) is 6.56. The molecule has 0 bridgehead atoms. The first-order valence-electron chi connectivity index (χ1n) is 8.08. The number of amides is 2. The third-order valence-corrected chi connectivity index (χ3v) is 4.07. The largest absolute Gasteiger partial charge is 0.322 e. The Morgan fingerprint density at radius 2 is 1.56 bits per heavy atom. The van der Waals surface area contributed by atoms with Crippen LogP contribution in [0.2, 0.25) is 5.02 Å². The molecule has 0 aliphatic carbocycles. The van der Waals surface area contributed by atoms with Crippen LogP contribution in [0.4, 0.5) is 11.4 Å². The molecule has 1 unspecified atom stereocenters. The van der Waals surface area contributed by atoms with Gasteiger partial charge in [-0.3, -0.25) is 9.59 Å². The van der Waals surface area contributed by atoms with E-state index in [1.807, 2.05) is 32.0 Å². The fraction of sp³-hybridized carbons (Fsp3) is 0.263. The summed E-state index contributed by atoms with van der Waals surface area (Å²) in [5.41, 5.74) is 3.47. The molecule has 25 heavy (non-hydrogen) atoms. The standard InChI is InChI=1S/C19H22ClN3O2/c1-13-8-9-14(2)17(10-13)22-19(25)12-23(3)11-18(24)21-16-7-5-4-6-15(16)20/h4-10H,11-12H2,1-3H3,(H,21,24)(H,22,25)/p+1. The number of benzene rings is 2. The number of carbonyl (C=O) groups excluding carboxylic acids is 2. The van der Waals surface area contributed by atoms with Crippen LogP contribution in [0.1, 0.15) is 11.1 Å². The lowest BCUT2D eigenvalue weighted by Gasteiger charge is -2.15. The number of hydrogen-bond acceptors (Lipinski definition) is 2. The molecule has 6 heteroatoms. The van der Waals surface area contributed by atoms with Gasteiger partial charge in [0, 0.05) is 5.69 Å². The van der Waals surface area contributed by atoms with E-state index in [-0.39, 0.29) is 24.9 Å². The van der Waals surface area contributed by atoms with Crippen molar-refractivity contribution in [2.24, 2.45) is 0 Å². The maximum atomic E-state index is 12.2. The highest BCUT2D eigenvalue weighted by Crippen LogP contribution is 2.20. The third-order valence-electron chi connectivity index (χ3n) is 3.74. The van der Waals surface area contributed by atoms with Gasteiger partial charge in [0.1, 0.15) is 0 Å². The Labute approximate surface area is 153 Å². The molecule has 132 valence electrons. The molecule has 2 aromatic carbocycles. The van der Waals surface area contributed by atoms with Gasteiger partial charge in [-0.1, -0.05) is 35.9 Å². The third kappa shape index (κ3) is 5.89. The van der Waals surface area contributed by atoms with Crippen molar-refractivity contribution in [3.8, 4) is 0 Å². The van der Waals surface area contributed by atoms with Gasteiger partial charge in [0.2, 0.25) is 0 Å². The van der Waals surface area contributed by atoms with E-state index in [0.29, 0.717) is 10.7 Å². The summed E-state index contributed by atoms with van der Waals surface area (Å²) in [5, 5.41) is 6.15. The summed E-state index contributed by atoms with van der Waals surface area (Å²) in [4.78, 5) is 25.1. The zero-order chi connectivity index (χ0) is 18.4. The van der Waals surface area contributed by atoms with Crippen LogP contribution in [-0.2, 0) is 9.59 Å². The minimum Gasteiger partial charge on any atom is -0.322 e. The van der Waals surface area contributed by atoms with Gasteiger partial charge in [-0.05, 0) is 43.2 Å². The lowest BCUT2D eigenvalue weighted by atomic mass is 10.1. The number of aryl methyl sites for hydroxylation is 2. The lowest BCUT2D eigenvalue weighted by Crippen LogP contribution is -3.11. The van der Waals surface area contributed by atoms with E-state index in [4.69, 9.17) is 11.6 Å². The van der Waals surface area contributed by atoms with Gasteiger partial charge in [-0.2, -0.15) is 0 Å². The quantitative estimate of drug-likeness (QED) is 0.738. The molecule has 0 aliphatic heterocycles. The van der Waals surface area contributed by atoms with Gasteiger partial charge in [-0.15, -0.1) is 0 Å². The molecule has 5 nitrogen and oxygen atoms in total. The van der Waals surface area contributed by atoms with E-state index in [1.54, 1.807) is 31.3 Å². The summed E-state index contributed by atoms with van der Waals surface area (Å²) in [6, 6.07) is 13.0. The van der Waals surface area contributed by atoms with E-state index in [1.165, 1.54) is 0 Å². The van der Waals surface area contributed by atoms with Gasteiger partial charge in [-0.25, -0.2) is 0 Å². The number of rotatable bonds is 6. The average molecular weight is 361 g/mol. The molecule has 0 spiro atoms. The number of carbonyl (C=O) groups is 2. The minimum absolute atomic E-state index is 0.128. The van der Waals surface area contributed by atoms with Crippen LogP contribution in [0.5, 0.6) is 0 Å². The monoisotopic (exact) mass is 360 g/mol. The van der Waals surface area contributed by atoms with Crippen molar-refractivity contribution in [3.05, 3.63) is 58.6 Å². The number of halogens is 1. The maximum absolute atomic E-state index is 12.2.